The second kappa shape index (κ2) is 8.27. The van der Waals surface area contributed by atoms with Crippen LogP contribution in [0.5, 0.6) is 5.75 Å². The van der Waals surface area contributed by atoms with Gasteiger partial charge in [0.05, 0.1) is 29.0 Å². The standard InChI is InChI=1S/C20H18N6O2S/c1-12-15-10-14(28-2)6-7-16(15)24-19(22-12)26-20-23-13(9-17(27)25-20)11-29-18-5-3-4-8-21-18/h3-10H,11H2,1-2H3,(H2,22,23,24,25,26,27). The van der Waals surface area contributed by atoms with Gasteiger partial charge in [0.2, 0.25) is 11.9 Å². The summed E-state index contributed by atoms with van der Waals surface area (Å²) in [5.41, 5.74) is 1.95. The predicted molar refractivity (Wildman–Crippen MR) is 113 cm³/mol. The van der Waals surface area contributed by atoms with Crippen LogP contribution in [-0.2, 0) is 5.75 Å². The SMILES string of the molecule is COc1ccc2nc(Nc3nc(CSc4ccccn4)cc(=O)[nH]3)nc(C)c2c1. The third-order valence-corrected chi connectivity index (χ3v) is 5.10. The molecule has 9 heteroatoms. The van der Waals surface area contributed by atoms with Gasteiger partial charge in [0.1, 0.15) is 5.75 Å². The van der Waals surface area contributed by atoms with Gasteiger partial charge in [-0.2, -0.15) is 0 Å². The van der Waals surface area contributed by atoms with Crippen molar-refractivity contribution in [3.05, 3.63) is 70.4 Å². The lowest BCUT2D eigenvalue weighted by Gasteiger charge is -2.09. The fourth-order valence-electron chi connectivity index (χ4n) is 2.77. The van der Waals surface area contributed by atoms with Crippen molar-refractivity contribution in [2.75, 3.05) is 12.4 Å². The number of anilines is 2. The van der Waals surface area contributed by atoms with Crippen LogP contribution >= 0.6 is 11.8 Å². The van der Waals surface area contributed by atoms with Crippen LogP contribution in [-0.4, -0.2) is 32.0 Å². The molecule has 2 N–H and O–H groups in total. The van der Waals surface area contributed by atoms with Crippen molar-refractivity contribution in [2.45, 2.75) is 17.7 Å². The fourth-order valence-corrected chi connectivity index (χ4v) is 3.52. The molecule has 0 aliphatic carbocycles. The minimum atomic E-state index is -0.249. The van der Waals surface area contributed by atoms with E-state index in [1.807, 2.05) is 43.3 Å². The van der Waals surface area contributed by atoms with Crippen molar-refractivity contribution in [3.63, 3.8) is 0 Å². The van der Waals surface area contributed by atoms with E-state index < -0.39 is 0 Å². The number of hydrogen-bond donors (Lipinski definition) is 2. The predicted octanol–water partition coefficient (Wildman–Crippen LogP) is 3.46. The molecule has 0 aliphatic heterocycles. The van der Waals surface area contributed by atoms with Gasteiger partial charge in [-0.1, -0.05) is 6.07 Å². The maximum absolute atomic E-state index is 12.0. The molecule has 0 aliphatic rings. The third-order valence-electron chi connectivity index (χ3n) is 4.12. The van der Waals surface area contributed by atoms with Crippen molar-refractivity contribution < 1.29 is 4.74 Å². The Morgan fingerprint density at radius 2 is 2.03 bits per heavy atom. The van der Waals surface area contributed by atoms with E-state index >= 15 is 0 Å². The summed E-state index contributed by atoms with van der Waals surface area (Å²) in [6, 6.07) is 12.8. The number of benzene rings is 1. The first-order valence-electron chi connectivity index (χ1n) is 8.84. The topological polar surface area (TPSA) is 106 Å². The van der Waals surface area contributed by atoms with Crippen molar-refractivity contribution >= 4 is 34.6 Å². The Morgan fingerprint density at radius 3 is 2.83 bits per heavy atom. The van der Waals surface area contributed by atoms with E-state index in [1.54, 1.807) is 13.3 Å². The summed E-state index contributed by atoms with van der Waals surface area (Å²) in [6.07, 6.45) is 1.73. The average Bonchev–Trinajstić information content (AvgIpc) is 2.72. The molecule has 0 atom stereocenters. The van der Waals surface area contributed by atoms with Crippen molar-refractivity contribution in [3.8, 4) is 5.75 Å². The molecular formula is C20H18N6O2S. The molecule has 0 spiro atoms. The number of methoxy groups -OCH3 is 1. The lowest BCUT2D eigenvalue weighted by molar-refractivity contribution is 0.415. The van der Waals surface area contributed by atoms with E-state index in [0.717, 1.165) is 27.4 Å². The van der Waals surface area contributed by atoms with Gasteiger partial charge in [0, 0.05) is 23.4 Å². The number of aryl methyl sites for hydroxylation is 1. The lowest BCUT2D eigenvalue weighted by Crippen LogP contribution is -2.13. The first-order valence-corrected chi connectivity index (χ1v) is 9.83. The normalized spacial score (nSPS) is 10.8. The van der Waals surface area contributed by atoms with Crippen molar-refractivity contribution in [1.29, 1.82) is 0 Å². The second-order valence-corrected chi connectivity index (χ2v) is 7.18. The highest BCUT2D eigenvalue weighted by molar-refractivity contribution is 7.98. The molecule has 0 fully saturated rings. The summed E-state index contributed by atoms with van der Waals surface area (Å²) < 4.78 is 5.26. The van der Waals surface area contributed by atoms with Crippen LogP contribution in [0.15, 0.2) is 58.5 Å². The Hall–Kier alpha value is -3.46. The number of aromatic nitrogens is 5. The molecular weight excluding hydrogens is 388 g/mol. The minimum absolute atomic E-state index is 0.249. The first kappa shape index (κ1) is 18.9. The number of pyridine rings is 1. The Kier molecular flexibility index (Phi) is 5.39. The van der Waals surface area contributed by atoms with Gasteiger partial charge in [-0.05, 0) is 37.3 Å². The molecule has 0 amide bonds. The maximum Gasteiger partial charge on any atom is 0.252 e. The molecule has 3 heterocycles. The van der Waals surface area contributed by atoms with Gasteiger partial charge < -0.3 is 4.74 Å². The molecule has 4 aromatic rings. The molecule has 0 saturated carbocycles. The average molecular weight is 406 g/mol. The molecule has 8 nitrogen and oxygen atoms in total. The lowest BCUT2D eigenvalue weighted by atomic mass is 10.2. The minimum Gasteiger partial charge on any atom is -0.497 e. The Labute approximate surface area is 170 Å². The van der Waals surface area contributed by atoms with Crippen LogP contribution in [0.4, 0.5) is 11.9 Å². The Balaban J connectivity index is 1.57. The van der Waals surface area contributed by atoms with Gasteiger partial charge >= 0.3 is 0 Å². The van der Waals surface area contributed by atoms with Crippen LogP contribution in [0.1, 0.15) is 11.4 Å². The highest BCUT2D eigenvalue weighted by atomic mass is 32.2. The second-order valence-electron chi connectivity index (χ2n) is 6.18. The van der Waals surface area contributed by atoms with Crippen molar-refractivity contribution in [1.82, 2.24) is 24.9 Å². The maximum atomic E-state index is 12.0. The van der Waals surface area contributed by atoms with E-state index in [1.165, 1.54) is 17.8 Å². The van der Waals surface area contributed by atoms with Gasteiger partial charge in [0.25, 0.3) is 5.56 Å². The zero-order chi connectivity index (χ0) is 20.2. The number of H-pyrrole nitrogens is 1. The molecule has 0 unspecified atom stereocenters. The van der Waals surface area contributed by atoms with Gasteiger partial charge in [-0.15, -0.1) is 11.8 Å². The van der Waals surface area contributed by atoms with Gasteiger partial charge in [0.15, 0.2) is 0 Å². The summed E-state index contributed by atoms with van der Waals surface area (Å²) in [4.78, 5) is 32.4. The van der Waals surface area contributed by atoms with Crippen LogP contribution in [0.2, 0.25) is 0 Å². The largest absolute Gasteiger partial charge is 0.497 e. The number of nitrogens with one attached hydrogen (secondary N) is 2. The van der Waals surface area contributed by atoms with Crippen LogP contribution in [0.25, 0.3) is 10.9 Å². The molecule has 4 rings (SSSR count). The molecule has 3 aromatic heterocycles. The number of rotatable bonds is 6. The highest BCUT2D eigenvalue weighted by Gasteiger charge is 2.09. The molecule has 29 heavy (non-hydrogen) atoms. The molecule has 0 bridgehead atoms. The highest BCUT2D eigenvalue weighted by Crippen LogP contribution is 2.23. The number of ether oxygens (including phenoxy) is 1. The number of hydrogen-bond acceptors (Lipinski definition) is 8. The summed E-state index contributed by atoms with van der Waals surface area (Å²) in [5, 5.41) is 4.77. The first-order chi connectivity index (χ1) is 14.1. The zero-order valence-electron chi connectivity index (χ0n) is 15.8. The number of fused-ring (bicyclic) bond motifs is 1. The third kappa shape index (κ3) is 4.52. The molecule has 1 aromatic carbocycles. The summed E-state index contributed by atoms with van der Waals surface area (Å²) >= 11 is 1.51. The quantitative estimate of drug-likeness (QED) is 0.469. The number of aromatic amines is 1. The van der Waals surface area contributed by atoms with Crippen LogP contribution in [0, 0.1) is 6.92 Å². The fraction of sp³-hybridized carbons (Fsp3) is 0.150. The van der Waals surface area contributed by atoms with Gasteiger partial charge in [-0.25, -0.2) is 19.9 Å². The Bertz CT molecular complexity index is 1210. The van der Waals surface area contributed by atoms with Crippen molar-refractivity contribution in [2.24, 2.45) is 0 Å². The summed E-state index contributed by atoms with van der Waals surface area (Å²) in [7, 11) is 1.62. The van der Waals surface area contributed by atoms with Gasteiger partial charge in [-0.3, -0.25) is 15.1 Å². The van der Waals surface area contributed by atoms with Crippen LogP contribution < -0.4 is 15.6 Å². The van der Waals surface area contributed by atoms with E-state index in [2.05, 4.69) is 30.2 Å². The van der Waals surface area contributed by atoms with E-state index in [-0.39, 0.29) is 5.56 Å². The van der Waals surface area contributed by atoms with Crippen LogP contribution in [0.3, 0.4) is 0 Å². The molecule has 0 saturated heterocycles. The summed E-state index contributed by atoms with van der Waals surface area (Å²) in [6.45, 7) is 1.89. The molecule has 0 radical (unpaired) electrons. The monoisotopic (exact) mass is 406 g/mol. The Morgan fingerprint density at radius 1 is 1.14 bits per heavy atom. The van der Waals surface area contributed by atoms with E-state index in [4.69, 9.17) is 4.74 Å². The summed E-state index contributed by atoms with van der Waals surface area (Å²) in [5.74, 6) is 1.92. The van der Waals surface area contributed by atoms with E-state index in [0.29, 0.717) is 23.3 Å². The number of thioether (sulfide) groups is 1. The smallest absolute Gasteiger partial charge is 0.252 e. The number of nitrogens with zero attached hydrogens (tertiary/aromatic N) is 4. The zero-order valence-corrected chi connectivity index (χ0v) is 16.7. The molecule has 146 valence electrons. The van der Waals surface area contributed by atoms with E-state index in [9.17, 15) is 4.79 Å².